The maximum absolute atomic E-state index is 13.7. The lowest BCUT2D eigenvalue weighted by molar-refractivity contribution is 0.0696. The number of fused-ring (bicyclic) bond motifs is 4. The van der Waals surface area contributed by atoms with Crippen LogP contribution in [0.3, 0.4) is 0 Å². The molecule has 2 saturated carbocycles. The molecule has 43 heavy (non-hydrogen) atoms. The number of imidazole rings is 1. The van der Waals surface area contributed by atoms with Gasteiger partial charge in [0.15, 0.2) is 5.82 Å². The molecule has 3 aliphatic rings. The van der Waals surface area contributed by atoms with Crippen molar-refractivity contribution in [3.05, 3.63) is 54.2 Å². The van der Waals surface area contributed by atoms with Gasteiger partial charge in [0.05, 0.1) is 18.3 Å². The maximum atomic E-state index is 13.7. The third-order valence-corrected chi connectivity index (χ3v) is 9.81. The molecule has 2 aliphatic carbocycles. The van der Waals surface area contributed by atoms with Gasteiger partial charge in [-0.05, 0) is 79.8 Å². The zero-order valence-electron chi connectivity index (χ0n) is 24.6. The van der Waals surface area contributed by atoms with E-state index >= 15 is 0 Å². The number of hydrogen-bond acceptors (Lipinski definition) is 7. The molecule has 2 unspecified atom stereocenters. The highest BCUT2D eigenvalue weighted by molar-refractivity contribution is 6.00. The highest BCUT2D eigenvalue weighted by atomic mass is 16.5. The van der Waals surface area contributed by atoms with Crippen LogP contribution in [0.4, 0.5) is 11.5 Å². The van der Waals surface area contributed by atoms with Gasteiger partial charge in [-0.2, -0.15) is 0 Å². The predicted molar refractivity (Wildman–Crippen MR) is 165 cm³/mol. The number of rotatable bonds is 7. The number of nitrogens with zero attached hydrogens (tertiary/aromatic N) is 6. The smallest absolute Gasteiger partial charge is 0.254 e. The molecule has 1 saturated heterocycles. The van der Waals surface area contributed by atoms with Crippen molar-refractivity contribution in [3.8, 4) is 23.1 Å². The minimum atomic E-state index is -0.0465. The largest absolute Gasteiger partial charge is 0.494 e. The number of pyridine rings is 2. The zero-order chi connectivity index (χ0) is 29.4. The fourth-order valence-corrected chi connectivity index (χ4v) is 7.30. The Labute approximate surface area is 249 Å². The summed E-state index contributed by atoms with van der Waals surface area (Å²) in [7, 11) is 3.66. The molecule has 10 heteroatoms. The first-order valence-electron chi connectivity index (χ1n) is 15.2. The van der Waals surface area contributed by atoms with E-state index in [1.165, 1.54) is 19.3 Å². The molecular weight excluding hydrogens is 542 g/mol. The number of aryl methyl sites for hydroxylation is 1. The van der Waals surface area contributed by atoms with Crippen LogP contribution in [0.2, 0.25) is 0 Å². The first-order chi connectivity index (χ1) is 20.9. The normalized spacial score (nSPS) is 21.3. The van der Waals surface area contributed by atoms with Crippen molar-refractivity contribution in [2.24, 2.45) is 24.8 Å². The van der Waals surface area contributed by atoms with Crippen molar-refractivity contribution in [3.63, 3.8) is 0 Å². The number of carbonyl (C=O) groups excluding carboxylic acids is 1. The monoisotopic (exact) mass is 577 g/mol. The molecular formula is C33H35N7O3. The van der Waals surface area contributed by atoms with Gasteiger partial charge in [-0.25, -0.2) is 15.0 Å². The molecule has 4 aromatic heterocycles. The summed E-state index contributed by atoms with van der Waals surface area (Å²) in [5.41, 5.74) is 4.80. The van der Waals surface area contributed by atoms with E-state index in [0.717, 1.165) is 53.1 Å². The quantitative estimate of drug-likeness (QED) is 0.254. The van der Waals surface area contributed by atoms with Gasteiger partial charge in [-0.1, -0.05) is 6.92 Å². The number of ether oxygens (including phenoxy) is 1. The molecule has 10 nitrogen and oxygen atoms in total. The first-order valence-corrected chi connectivity index (χ1v) is 15.2. The fraction of sp³-hybridized carbons (Fsp3) is 0.394. The number of likely N-dealkylation sites (tertiary alicyclic amines) is 1. The van der Waals surface area contributed by atoms with E-state index in [-0.39, 0.29) is 11.8 Å². The molecule has 220 valence electrons. The minimum Gasteiger partial charge on any atom is -0.494 e. The Balaban J connectivity index is 1.21. The van der Waals surface area contributed by atoms with Crippen molar-refractivity contribution in [1.29, 1.82) is 0 Å². The summed E-state index contributed by atoms with van der Waals surface area (Å²) >= 11 is 0. The van der Waals surface area contributed by atoms with Crippen LogP contribution in [0.15, 0.2) is 48.7 Å². The lowest BCUT2D eigenvalue weighted by Gasteiger charge is -2.27. The highest BCUT2D eigenvalue weighted by Crippen LogP contribution is 2.44. The molecule has 8 rings (SSSR count). The molecule has 5 heterocycles. The second-order valence-corrected chi connectivity index (χ2v) is 12.5. The second-order valence-electron chi connectivity index (χ2n) is 12.5. The van der Waals surface area contributed by atoms with Crippen molar-refractivity contribution in [1.82, 2.24) is 29.0 Å². The summed E-state index contributed by atoms with van der Waals surface area (Å²) in [5, 5.41) is 14.1. The molecule has 0 spiro atoms. The van der Waals surface area contributed by atoms with Crippen molar-refractivity contribution in [2.75, 3.05) is 19.0 Å². The molecule has 3 atom stereocenters. The number of hydrogen-bond donors (Lipinski definition) is 2. The molecule has 3 fully saturated rings. The van der Waals surface area contributed by atoms with Crippen LogP contribution in [0.25, 0.3) is 33.6 Å². The maximum Gasteiger partial charge on any atom is 0.254 e. The van der Waals surface area contributed by atoms with E-state index < -0.39 is 0 Å². The van der Waals surface area contributed by atoms with E-state index in [0.29, 0.717) is 46.6 Å². The first kappa shape index (κ1) is 26.1. The number of amides is 1. The number of benzene rings is 1. The Morgan fingerprint density at radius 1 is 1.09 bits per heavy atom. The van der Waals surface area contributed by atoms with Crippen molar-refractivity contribution < 1.29 is 14.6 Å². The van der Waals surface area contributed by atoms with Gasteiger partial charge >= 0.3 is 0 Å². The molecule has 5 aromatic rings. The number of nitrogens with one attached hydrogen (secondary N) is 1. The number of aromatic hydroxyl groups is 1. The third-order valence-electron chi connectivity index (χ3n) is 9.81. The van der Waals surface area contributed by atoms with Gasteiger partial charge in [0.1, 0.15) is 22.7 Å². The summed E-state index contributed by atoms with van der Waals surface area (Å²) in [6.07, 6.45) is 6.26. The summed E-state index contributed by atoms with van der Waals surface area (Å²) in [5.74, 6) is 3.93. The van der Waals surface area contributed by atoms with Gasteiger partial charge in [-0.15, -0.1) is 0 Å². The van der Waals surface area contributed by atoms with E-state index in [1.54, 1.807) is 25.4 Å². The Morgan fingerprint density at radius 2 is 1.95 bits per heavy atom. The van der Waals surface area contributed by atoms with Crippen LogP contribution < -0.4 is 10.1 Å². The Hall–Kier alpha value is -4.60. The molecule has 2 bridgehead atoms. The highest BCUT2D eigenvalue weighted by Gasteiger charge is 2.46. The zero-order valence-corrected chi connectivity index (χ0v) is 24.6. The van der Waals surface area contributed by atoms with Crippen LogP contribution in [0, 0.1) is 17.8 Å². The summed E-state index contributed by atoms with van der Waals surface area (Å²) < 4.78 is 10.2. The fourth-order valence-electron chi connectivity index (χ4n) is 7.30. The Morgan fingerprint density at radius 3 is 2.67 bits per heavy atom. The number of carbonyl (C=O) groups is 1. The number of anilines is 2. The van der Waals surface area contributed by atoms with Crippen molar-refractivity contribution in [2.45, 2.75) is 45.2 Å². The van der Waals surface area contributed by atoms with Gasteiger partial charge < -0.3 is 29.2 Å². The van der Waals surface area contributed by atoms with Crippen LogP contribution in [0.1, 0.15) is 43.0 Å². The molecule has 1 aromatic carbocycles. The van der Waals surface area contributed by atoms with Gasteiger partial charge in [0.25, 0.3) is 5.91 Å². The van der Waals surface area contributed by atoms with Crippen molar-refractivity contribution >= 4 is 39.5 Å². The lowest BCUT2D eigenvalue weighted by Crippen LogP contribution is -2.38. The average molecular weight is 578 g/mol. The Kier molecular flexibility index (Phi) is 5.89. The SMILES string of the molecule is COc1cc(C(=O)N2CC3CCC2[C@@H]3C)cc2nc(-c3cc4ccc(Nc5ccnc(O)c5)nc4n3CC3CC3)n(C)c12. The topological polar surface area (TPSA) is 110 Å². The number of aromatic nitrogens is 5. The van der Waals surface area contributed by atoms with Gasteiger partial charge in [-0.3, -0.25) is 4.79 Å². The number of methoxy groups -OCH3 is 1. The molecule has 1 aliphatic heterocycles. The molecule has 2 N–H and O–H groups in total. The summed E-state index contributed by atoms with van der Waals surface area (Å²) in [4.78, 5) is 29.8. The van der Waals surface area contributed by atoms with Gasteiger partial charge in [0.2, 0.25) is 5.88 Å². The van der Waals surface area contributed by atoms with Crippen LogP contribution >= 0.6 is 0 Å². The number of piperidine rings is 1. The summed E-state index contributed by atoms with van der Waals surface area (Å²) in [6.45, 7) is 3.97. The Bertz CT molecular complexity index is 1910. The van der Waals surface area contributed by atoms with Crippen LogP contribution in [-0.2, 0) is 13.6 Å². The summed E-state index contributed by atoms with van der Waals surface area (Å²) in [6, 6.07) is 13.6. The van der Waals surface area contributed by atoms with E-state index in [9.17, 15) is 9.90 Å². The predicted octanol–water partition coefficient (Wildman–Crippen LogP) is 5.72. The minimum absolute atomic E-state index is 0.0465. The average Bonchev–Trinajstić information content (AvgIpc) is 3.41. The van der Waals surface area contributed by atoms with E-state index in [1.807, 2.05) is 25.2 Å². The molecule has 0 radical (unpaired) electrons. The van der Waals surface area contributed by atoms with Crippen LogP contribution in [-0.4, -0.2) is 59.7 Å². The van der Waals surface area contributed by atoms with Crippen LogP contribution in [0.5, 0.6) is 11.6 Å². The lowest BCUT2D eigenvalue weighted by atomic mass is 10.0. The van der Waals surface area contributed by atoms with Gasteiger partial charge in [0, 0.05) is 55.1 Å². The second kappa shape index (κ2) is 9.72. The van der Waals surface area contributed by atoms with E-state index in [4.69, 9.17) is 14.7 Å². The third kappa shape index (κ3) is 4.30. The standard InChI is InChI=1S/C33H35N7O3/c1-18-21-6-8-25(18)40(17-21)33(42)22-12-24-30(27(14-22)43-3)38(2)32(36-24)26-13-20-7-9-28(35-23-10-11-34-29(41)15-23)37-31(20)39(26)16-19-4-5-19/h7,9-15,18-19,21,25H,4-6,8,16-17H2,1-3H3,(H2,34,35,37,41)/t18-,21?,25?/m1/s1. The van der Waals surface area contributed by atoms with E-state index in [2.05, 4.69) is 43.4 Å². The molecule has 1 amide bonds.